The number of H-pyrrole nitrogens is 1. The number of anilines is 1. The first kappa shape index (κ1) is 26.8. The quantitative estimate of drug-likeness (QED) is 0.491. The summed E-state index contributed by atoms with van der Waals surface area (Å²) < 4.78 is 13.4. The summed E-state index contributed by atoms with van der Waals surface area (Å²) in [4.78, 5) is 55.7. The summed E-state index contributed by atoms with van der Waals surface area (Å²) in [5.74, 6) is -0.591. The van der Waals surface area contributed by atoms with E-state index in [0.717, 1.165) is 30.6 Å². The third-order valence-electron chi connectivity index (χ3n) is 9.54. The molecule has 5 heterocycles. The first-order chi connectivity index (χ1) is 20.4. The molecule has 0 radical (unpaired) electrons. The van der Waals surface area contributed by atoms with Gasteiger partial charge in [0.1, 0.15) is 22.9 Å². The van der Waals surface area contributed by atoms with Crippen LogP contribution in [0, 0.1) is 18.7 Å². The number of benzene rings is 2. The van der Waals surface area contributed by atoms with E-state index in [-0.39, 0.29) is 29.6 Å². The number of para-hydroxylation sites is 1. The lowest BCUT2D eigenvalue weighted by Gasteiger charge is -2.37. The highest BCUT2D eigenvalue weighted by molar-refractivity contribution is 6.11. The number of aromatic amines is 1. The zero-order chi connectivity index (χ0) is 29.0. The Morgan fingerprint density at radius 1 is 1.00 bits per heavy atom. The van der Waals surface area contributed by atoms with Crippen LogP contribution in [-0.2, 0) is 15.1 Å². The zero-order valence-corrected chi connectivity index (χ0v) is 23.7. The summed E-state index contributed by atoms with van der Waals surface area (Å²) in [5, 5.41) is 3.12. The van der Waals surface area contributed by atoms with Crippen molar-refractivity contribution in [3.05, 3.63) is 71.3 Å². The number of halogens is 1. The van der Waals surface area contributed by atoms with Crippen LogP contribution in [-0.4, -0.2) is 76.3 Å². The molecule has 3 atom stereocenters. The van der Waals surface area contributed by atoms with Gasteiger partial charge < -0.3 is 20.1 Å². The molecule has 4 aliphatic rings. The van der Waals surface area contributed by atoms with E-state index in [9.17, 15) is 18.8 Å². The fourth-order valence-corrected chi connectivity index (χ4v) is 7.68. The Hall–Kier alpha value is -4.05. The van der Waals surface area contributed by atoms with Gasteiger partial charge in [-0.3, -0.25) is 19.3 Å². The van der Waals surface area contributed by atoms with Crippen molar-refractivity contribution in [1.82, 2.24) is 25.1 Å². The summed E-state index contributed by atoms with van der Waals surface area (Å²) in [5.41, 5.74) is 2.49. The maximum absolute atomic E-state index is 14.5. The smallest absolute Gasteiger partial charge is 0.274 e. The summed E-state index contributed by atoms with van der Waals surface area (Å²) in [7, 11) is 0. The Bertz CT molecular complexity index is 1550. The Kier molecular flexibility index (Phi) is 6.61. The first-order valence-electron chi connectivity index (χ1n) is 15.0. The topological polar surface area (TPSA) is 102 Å². The molecular weight excluding hydrogens is 535 g/mol. The van der Waals surface area contributed by atoms with E-state index < -0.39 is 11.5 Å². The Labute approximate surface area is 244 Å². The molecule has 3 amide bonds. The molecule has 10 heteroatoms. The molecule has 0 aliphatic carbocycles. The number of hydrogen-bond acceptors (Lipinski definition) is 5. The number of aryl methyl sites for hydroxylation is 1. The van der Waals surface area contributed by atoms with Gasteiger partial charge in [-0.25, -0.2) is 9.37 Å². The summed E-state index contributed by atoms with van der Waals surface area (Å²) in [6, 6.07) is 14.1. The van der Waals surface area contributed by atoms with E-state index in [1.165, 1.54) is 12.1 Å². The maximum Gasteiger partial charge on any atom is 0.274 e. The SMILES string of the molecule is Cc1[nH]c(-c2ccc(F)cc2)nc1C(=O)N1CCCNC(=O)[C@H]2C[C@@H]3CCCN3[C@@]23C(=O)N(CCC1)c1ccccc13. The lowest BCUT2D eigenvalue weighted by Crippen LogP contribution is -2.56. The average Bonchev–Trinajstić information content (AvgIpc) is 3.74. The first-order valence-corrected chi connectivity index (χ1v) is 15.0. The molecule has 42 heavy (non-hydrogen) atoms. The molecule has 1 spiro atoms. The van der Waals surface area contributed by atoms with Crippen LogP contribution in [0.4, 0.5) is 10.1 Å². The van der Waals surface area contributed by atoms with Gasteiger partial charge in [0.2, 0.25) is 5.91 Å². The van der Waals surface area contributed by atoms with Crippen molar-refractivity contribution in [2.75, 3.05) is 37.6 Å². The third kappa shape index (κ3) is 4.06. The predicted octanol–water partition coefficient (Wildman–Crippen LogP) is 3.60. The molecule has 2 N–H and O–H groups in total. The van der Waals surface area contributed by atoms with E-state index in [1.807, 2.05) is 29.2 Å². The number of amides is 3. The van der Waals surface area contributed by atoms with Crippen LogP contribution in [0.3, 0.4) is 0 Å². The lowest BCUT2D eigenvalue weighted by molar-refractivity contribution is -0.138. The molecule has 7 rings (SSSR count). The molecule has 218 valence electrons. The average molecular weight is 571 g/mol. The molecule has 4 aliphatic heterocycles. The number of nitrogens with zero attached hydrogens (tertiary/aromatic N) is 4. The Morgan fingerprint density at radius 2 is 1.79 bits per heavy atom. The molecule has 1 aromatic heterocycles. The summed E-state index contributed by atoms with van der Waals surface area (Å²) in [6.45, 7) is 4.38. The Morgan fingerprint density at radius 3 is 2.62 bits per heavy atom. The van der Waals surface area contributed by atoms with Crippen molar-refractivity contribution >= 4 is 23.4 Å². The van der Waals surface area contributed by atoms with E-state index in [1.54, 1.807) is 24.0 Å². The number of carbonyl (C=O) groups is 3. The fraction of sp³-hybridized carbons (Fsp3) is 0.438. The van der Waals surface area contributed by atoms with Gasteiger partial charge in [-0.2, -0.15) is 0 Å². The minimum Gasteiger partial charge on any atom is -0.356 e. The van der Waals surface area contributed by atoms with E-state index in [0.29, 0.717) is 68.2 Å². The Balaban J connectivity index is 1.18. The molecule has 2 bridgehead atoms. The number of carbonyl (C=O) groups excluding carboxylic acids is 3. The van der Waals surface area contributed by atoms with Crippen molar-refractivity contribution in [1.29, 1.82) is 0 Å². The normalized spacial score (nSPS) is 26.1. The molecule has 2 aromatic carbocycles. The van der Waals surface area contributed by atoms with E-state index in [2.05, 4.69) is 20.2 Å². The highest BCUT2D eigenvalue weighted by Gasteiger charge is 2.67. The molecule has 3 aromatic rings. The van der Waals surface area contributed by atoms with Crippen LogP contribution in [0.15, 0.2) is 48.5 Å². The van der Waals surface area contributed by atoms with Crippen molar-refractivity contribution in [2.45, 2.75) is 50.6 Å². The van der Waals surface area contributed by atoms with Gasteiger partial charge in [0.25, 0.3) is 11.8 Å². The number of fused-ring (bicyclic) bond motifs is 4. The van der Waals surface area contributed by atoms with Crippen molar-refractivity contribution < 1.29 is 18.8 Å². The van der Waals surface area contributed by atoms with E-state index >= 15 is 0 Å². The highest BCUT2D eigenvalue weighted by atomic mass is 19.1. The third-order valence-corrected chi connectivity index (χ3v) is 9.54. The molecule has 3 fully saturated rings. The highest BCUT2D eigenvalue weighted by Crippen LogP contribution is 2.57. The maximum atomic E-state index is 14.5. The van der Waals surface area contributed by atoms with Crippen LogP contribution in [0.2, 0.25) is 0 Å². The molecular formula is C32H35FN6O3. The largest absolute Gasteiger partial charge is 0.356 e. The van der Waals surface area contributed by atoms with Gasteiger partial charge in [-0.15, -0.1) is 0 Å². The predicted molar refractivity (Wildman–Crippen MR) is 155 cm³/mol. The van der Waals surface area contributed by atoms with Crippen LogP contribution in [0.25, 0.3) is 11.4 Å². The number of nitrogens with one attached hydrogen (secondary N) is 2. The van der Waals surface area contributed by atoms with Crippen molar-refractivity contribution in [3.8, 4) is 11.4 Å². The van der Waals surface area contributed by atoms with Gasteiger partial charge in [0.15, 0.2) is 0 Å². The lowest BCUT2D eigenvalue weighted by atomic mass is 9.78. The number of rotatable bonds is 2. The van der Waals surface area contributed by atoms with Crippen LogP contribution >= 0.6 is 0 Å². The van der Waals surface area contributed by atoms with Crippen molar-refractivity contribution in [2.24, 2.45) is 5.92 Å². The zero-order valence-electron chi connectivity index (χ0n) is 23.7. The summed E-state index contributed by atoms with van der Waals surface area (Å²) in [6.07, 6.45) is 3.90. The second-order valence-corrected chi connectivity index (χ2v) is 11.9. The van der Waals surface area contributed by atoms with Crippen LogP contribution in [0.5, 0.6) is 0 Å². The van der Waals surface area contributed by atoms with Gasteiger partial charge >= 0.3 is 0 Å². The minimum atomic E-state index is -0.964. The number of imidazole rings is 1. The molecule has 0 unspecified atom stereocenters. The standard InChI is InChI=1S/C32H35FN6O3/c1-20-27(36-28(35-20)21-10-12-22(33)13-11-21)30(41)37-15-5-14-34-29(40)25-19-23-7-4-18-39(23)32(25)24-8-2-3-9-26(24)38(31(32)42)17-6-16-37/h2-3,8-13,23,25H,4-7,14-19H2,1H3,(H,34,40)(H,35,36)/t23-,25+,32+/m0/s1. The van der Waals surface area contributed by atoms with E-state index in [4.69, 9.17) is 0 Å². The van der Waals surface area contributed by atoms with Gasteiger partial charge in [-0.1, -0.05) is 18.2 Å². The van der Waals surface area contributed by atoms with Gasteiger partial charge in [0.05, 0.1) is 5.92 Å². The van der Waals surface area contributed by atoms with Gasteiger partial charge in [-0.05, 0) is 75.9 Å². The summed E-state index contributed by atoms with van der Waals surface area (Å²) >= 11 is 0. The second-order valence-electron chi connectivity index (χ2n) is 11.9. The monoisotopic (exact) mass is 570 g/mol. The van der Waals surface area contributed by atoms with Crippen LogP contribution in [0.1, 0.15) is 53.8 Å². The second kappa shape index (κ2) is 10.3. The number of aromatic nitrogens is 2. The minimum absolute atomic E-state index is 0.0162. The van der Waals surface area contributed by atoms with Crippen LogP contribution < -0.4 is 10.2 Å². The molecule has 9 nitrogen and oxygen atoms in total. The number of hydrogen-bond donors (Lipinski definition) is 2. The fourth-order valence-electron chi connectivity index (χ4n) is 7.68. The molecule has 3 saturated heterocycles. The van der Waals surface area contributed by atoms with Crippen molar-refractivity contribution in [3.63, 3.8) is 0 Å². The van der Waals surface area contributed by atoms with Gasteiger partial charge in [0, 0.05) is 54.7 Å². The molecule has 0 saturated carbocycles.